The first-order chi connectivity index (χ1) is 9.25. The Hall–Kier alpha value is -1.87. The Bertz CT molecular complexity index is 603. The van der Waals surface area contributed by atoms with Crippen LogP contribution < -0.4 is 5.73 Å². The van der Waals surface area contributed by atoms with Gasteiger partial charge in [-0.3, -0.25) is 4.79 Å². The largest absolute Gasteiger partial charge is 0.341 e. The number of nitrogens with zero attached hydrogens (tertiary/aromatic N) is 1. The van der Waals surface area contributed by atoms with Gasteiger partial charge in [0.15, 0.2) is 0 Å². The topological polar surface area (TPSA) is 46.3 Å². The van der Waals surface area contributed by atoms with E-state index in [1.54, 1.807) is 0 Å². The van der Waals surface area contributed by atoms with E-state index in [1.165, 1.54) is 10.8 Å². The molecule has 1 heterocycles. The van der Waals surface area contributed by atoms with E-state index in [-0.39, 0.29) is 11.9 Å². The molecule has 1 aliphatic rings. The summed E-state index contributed by atoms with van der Waals surface area (Å²) in [5.74, 6) is 0.232. The average Bonchev–Trinajstić information content (AvgIpc) is 2.83. The molecule has 1 unspecified atom stereocenters. The van der Waals surface area contributed by atoms with Gasteiger partial charge in [0.05, 0.1) is 0 Å². The maximum atomic E-state index is 11.7. The maximum absolute atomic E-state index is 11.7. The number of likely N-dealkylation sites (tertiary alicyclic amines) is 1. The van der Waals surface area contributed by atoms with E-state index >= 15 is 0 Å². The lowest BCUT2D eigenvalue weighted by Crippen LogP contribution is -2.33. The molecule has 0 aliphatic carbocycles. The predicted molar refractivity (Wildman–Crippen MR) is 76.7 cm³/mol. The van der Waals surface area contributed by atoms with Crippen molar-refractivity contribution in [2.45, 2.75) is 18.9 Å². The number of benzene rings is 2. The number of carbonyl (C=O) groups excluding carboxylic acids is 1. The molecule has 3 heteroatoms. The first-order valence-corrected chi connectivity index (χ1v) is 6.77. The molecule has 0 aromatic heterocycles. The van der Waals surface area contributed by atoms with Crippen LogP contribution in [0.1, 0.15) is 24.4 Å². The number of nitrogens with two attached hydrogens (primary N) is 1. The molecule has 1 fully saturated rings. The highest BCUT2D eigenvalue weighted by molar-refractivity contribution is 5.86. The molecule has 3 rings (SSSR count). The zero-order chi connectivity index (χ0) is 13.2. The SMILES string of the molecule is NC(CN1CCCC1=O)c1cccc2ccccc12. The molecule has 2 aromatic carbocycles. The average molecular weight is 254 g/mol. The van der Waals surface area contributed by atoms with Gasteiger partial charge < -0.3 is 10.6 Å². The molecule has 1 amide bonds. The van der Waals surface area contributed by atoms with E-state index in [0.717, 1.165) is 18.5 Å². The van der Waals surface area contributed by atoms with Crippen LogP contribution in [-0.4, -0.2) is 23.9 Å². The summed E-state index contributed by atoms with van der Waals surface area (Å²) in [6, 6.07) is 14.3. The van der Waals surface area contributed by atoms with E-state index in [4.69, 9.17) is 5.73 Å². The van der Waals surface area contributed by atoms with Gasteiger partial charge in [-0.1, -0.05) is 42.5 Å². The first kappa shape index (κ1) is 12.2. The van der Waals surface area contributed by atoms with Crippen molar-refractivity contribution < 1.29 is 4.79 Å². The summed E-state index contributed by atoms with van der Waals surface area (Å²) in [5.41, 5.74) is 7.43. The summed E-state index contributed by atoms with van der Waals surface area (Å²) in [7, 11) is 0. The van der Waals surface area contributed by atoms with Crippen molar-refractivity contribution in [1.82, 2.24) is 4.90 Å². The second kappa shape index (κ2) is 5.02. The molecule has 0 spiro atoms. The van der Waals surface area contributed by atoms with Gasteiger partial charge in [0.1, 0.15) is 0 Å². The minimum absolute atomic E-state index is 0.117. The van der Waals surface area contributed by atoms with Crippen LogP contribution in [0.25, 0.3) is 10.8 Å². The van der Waals surface area contributed by atoms with E-state index in [9.17, 15) is 4.79 Å². The van der Waals surface area contributed by atoms with Crippen molar-refractivity contribution in [2.75, 3.05) is 13.1 Å². The molecule has 1 atom stereocenters. The lowest BCUT2D eigenvalue weighted by Gasteiger charge is -2.22. The normalized spacial score (nSPS) is 17.1. The minimum atomic E-state index is -0.117. The summed E-state index contributed by atoms with van der Waals surface area (Å²) in [5, 5.41) is 2.38. The van der Waals surface area contributed by atoms with Gasteiger partial charge in [0.25, 0.3) is 0 Å². The van der Waals surface area contributed by atoms with E-state index in [0.29, 0.717) is 13.0 Å². The quantitative estimate of drug-likeness (QED) is 0.914. The van der Waals surface area contributed by atoms with Crippen LogP contribution >= 0.6 is 0 Å². The summed E-state index contributed by atoms with van der Waals surface area (Å²) < 4.78 is 0. The first-order valence-electron chi connectivity index (χ1n) is 6.77. The van der Waals surface area contributed by atoms with Gasteiger partial charge in [-0.15, -0.1) is 0 Å². The van der Waals surface area contributed by atoms with Crippen LogP contribution in [0.5, 0.6) is 0 Å². The fourth-order valence-electron chi connectivity index (χ4n) is 2.81. The molecule has 2 N–H and O–H groups in total. The molecule has 0 saturated carbocycles. The molecule has 3 nitrogen and oxygen atoms in total. The van der Waals surface area contributed by atoms with E-state index in [1.807, 2.05) is 23.1 Å². The van der Waals surface area contributed by atoms with Gasteiger partial charge in [-0.25, -0.2) is 0 Å². The molecule has 1 saturated heterocycles. The molecule has 1 aliphatic heterocycles. The van der Waals surface area contributed by atoms with E-state index < -0.39 is 0 Å². The molecule has 0 bridgehead atoms. The van der Waals surface area contributed by atoms with Crippen molar-refractivity contribution in [1.29, 1.82) is 0 Å². The van der Waals surface area contributed by atoms with Crippen LogP contribution in [0.15, 0.2) is 42.5 Å². The lowest BCUT2D eigenvalue weighted by atomic mass is 9.99. The molecular weight excluding hydrogens is 236 g/mol. The Morgan fingerprint density at radius 2 is 1.95 bits per heavy atom. The van der Waals surface area contributed by atoms with Gasteiger partial charge in [-0.2, -0.15) is 0 Å². The van der Waals surface area contributed by atoms with Crippen molar-refractivity contribution >= 4 is 16.7 Å². The smallest absolute Gasteiger partial charge is 0.222 e. The minimum Gasteiger partial charge on any atom is -0.341 e. The number of carbonyl (C=O) groups is 1. The van der Waals surface area contributed by atoms with E-state index in [2.05, 4.69) is 24.3 Å². The summed E-state index contributed by atoms with van der Waals surface area (Å²) in [4.78, 5) is 13.6. The summed E-state index contributed by atoms with van der Waals surface area (Å²) in [6.07, 6.45) is 1.63. The number of hydrogen-bond acceptors (Lipinski definition) is 2. The van der Waals surface area contributed by atoms with Crippen LogP contribution in [-0.2, 0) is 4.79 Å². The van der Waals surface area contributed by atoms with Crippen LogP contribution in [0.3, 0.4) is 0 Å². The second-order valence-electron chi connectivity index (χ2n) is 5.12. The lowest BCUT2D eigenvalue weighted by molar-refractivity contribution is -0.127. The van der Waals surface area contributed by atoms with Gasteiger partial charge >= 0.3 is 0 Å². The highest BCUT2D eigenvalue weighted by atomic mass is 16.2. The third-order valence-corrected chi connectivity index (χ3v) is 3.81. The molecule has 0 radical (unpaired) electrons. The zero-order valence-electron chi connectivity index (χ0n) is 10.9. The Labute approximate surface area is 113 Å². The molecule has 98 valence electrons. The molecule has 2 aromatic rings. The number of rotatable bonds is 3. The predicted octanol–water partition coefficient (Wildman–Crippen LogP) is 2.46. The van der Waals surface area contributed by atoms with Crippen molar-refractivity contribution in [3.8, 4) is 0 Å². The summed E-state index contributed by atoms with van der Waals surface area (Å²) in [6.45, 7) is 1.46. The highest BCUT2D eigenvalue weighted by Gasteiger charge is 2.23. The zero-order valence-corrected chi connectivity index (χ0v) is 10.9. The van der Waals surface area contributed by atoms with Crippen LogP contribution in [0, 0.1) is 0 Å². The summed E-state index contributed by atoms with van der Waals surface area (Å²) >= 11 is 0. The van der Waals surface area contributed by atoms with Gasteiger partial charge in [0.2, 0.25) is 5.91 Å². The Balaban J connectivity index is 1.89. The maximum Gasteiger partial charge on any atom is 0.222 e. The number of fused-ring (bicyclic) bond motifs is 1. The van der Waals surface area contributed by atoms with Crippen molar-refractivity contribution in [3.05, 3.63) is 48.0 Å². The van der Waals surface area contributed by atoms with Crippen LogP contribution in [0.4, 0.5) is 0 Å². The Kier molecular flexibility index (Phi) is 3.22. The molecule has 19 heavy (non-hydrogen) atoms. The standard InChI is InChI=1S/C16H18N2O/c17-15(11-18-10-4-9-16(18)19)14-8-3-6-12-5-1-2-7-13(12)14/h1-3,5-8,15H,4,9-11,17H2. The number of amides is 1. The Morgan fingerprint density at radius 3 is 2.74 bits per heavy atom. The fraction of sp³-hybridized carbons (Fsp3) is 0.312. The third-order valence-electron chi connectivity index (χ3n) is 3.81. The Morgan fingerprint density at radius 1 is 1.16 bits per heavy atom. The van der Waals surface area contributed by atoms with Crippen molar-refractivity contribution in [3.63, 3.8) is 0 Å². The highest BCUT2D eigenvalue weighted by Crippen LogP contribution is 2.24. The third kappa shape index (κ3) is 2.34. The van der Waals surface area contributed by atoms with Gasteiger partial charge in [0, 0.05) is 25.6 Å². The van der Waals surface area contributed by atoms with Crippen molar-refractivity contribution in [2.24, 2.45) is 5.73 Å². The monoisotopic (exact) mass is 254 g/mol. The number of hydrogen-bond donors (Lipinski definition) is 1. The van der Waals surface area contributed by atoms with Crippen LogP contribution in [0.2, 0.25) is 0 Å². The molecular formula is C16H18N2O. The second-order valence-corrected chi connectivity index (χ2v) is 5.12. The fourth-order valence-corrected chi connectivity index (χ4v) is 2.81. The van der Waals surface area contributed by atoms with Gasteiger partial charge in [-0.05, 0) is 22.8 Å².